The van der Waals surface area contributed by atoms with Gasteiger partial charge in [0.15, 0.2) is 5.82 Å². The maximum absolute atomic E-state index is 14.3. The Bertz CT molecular complexity index is 1890. The van der Waals surface area contributed by atoms with Crippen LogP contribution < -0.4 is 35.6 Å². The number of hydrogen-bond donors (Lipinski definition) is 2. The van der Waals surface area contributed by atoms with E-state index in [9.17, 15) is 18.8 Å². The zero-order valence-electron chi connectivity index (χ0n) is 29.0. The number of methoxy groups -OCH3 is 2. The molecular weight excluding hydrogens is 659 g/mol. The minimum atomic E-state index is -0.841. The number of rotatable bonds is 10. The molecule has 15 heteroatoms. The van der Waals surface area contributed by atoms with Crippen molar-refractivity contribution in [3.05, 3.63) is 88.7 Å². The Balaban J connectivity index is 1.31. The standard InChI is InChI=1S/C36H43FN8O6/c1-25(44(31-13-12-28(49-2)24-32(31)50-3)36(48)39-27-10-8-26(37)9-11-27)33-40-30-7-5-4-6-29(30)34(46)45(33)43-18-16-42(17-19-43)35(47)38-14-15-41-20-22-51-23-21-41/h4-13,24-25H,14-23H2,1-3H3,(H,38,47)(H,39,48). The minimum Gasteiger partial charge on any atom is -0.497 e. The highest BCUT2D eigenvalue weighted by Gasteiger charge is 2.33. The first-order chi connectivity index (χ1) is 24.8. The summed E-state index contributed by atoms with van der Waals surface area (Å²) in [5, 5.41) is 8.15. The quantitative estimate of drug-likeness (QED) is 0.254. The minimum absolute atomic E-state index is 0.157. The number of piperazine rings is 1. The number of halogens is 1. The molecule has 14 nitrogen and oxygen atoms in total. The zero-order chi connectivity index (χ0) is 35.9. The molecule has 270 valence electrons. The van der Waals surface area contributed by atoms with E-state index in [4.69, 9.17) is 19.2 Å². The van der Waals surface area contributed by atoms with Crippen molar-refractivity contribution in [3.63, 3.8) is 0 Å². The maximum atomic E-state index is 14.3. The molecule has 0 spiro atoms. The average molecular weight is 703 g/mol. The van der Waals surface area contributed by atoms with Crippen LogP contribution in [-0.2, 0) is 4.74 Å². The molecule has 3 heterocycles. The van der Waals surface area contributed by atoms with E-state index < -0.39 is 17.9 Å². The number of anilines is 2. The first kappa shape index (κ1) is 35.4. The largest absolute Gasteiger partial charge is 0.497 e. The van der Waals surface area contributed by atoms with E-state index in [2.05, 4.69) is 15.5 Å². The summed E-state index contributed by atoms with van der Waals surface area (Å²) >= 11 is 0. The molecule has 51 heavy (non-hydrogen) atoms. The van der Waals surface area contributed by atoms with Crippen molar-refractivity contribution >= 4 is 34.3 Å². The van der Waals surface area contributed by atoms with Crippen molar-refractivity contribution in [3.8, 4) is 11.5 Å². The number of morpholine rings is 1. The lowest BCUT2D eigenvalue weighted by atomic mass is 10.1. The molecule has 2 N–H and O–H groups in total. The summed E-state index contributed by atoms with van der Waals surface area (Å²) in [5.74, 6) is 0.725. The van der Waals surface area contributed by atoms with Crippen molar-refractivity contribution in [2.45, 2.75) is 13.0 Å². The number of carbonyl (C=O) groups excluding carboxylic acids is 2. The van der Waals surface area contributed by atoms with Crippen molar-refractivity contribution < 1.29 is 28.2 Å². The summed E-state index contributed by atoms with van der Waals surface area (Å²) in [6, 6.07) is 16.0. The van der Waals surface area contributed by atoms with E-state index in [0.29, 0.717) is 85.5 Å². The average Bonchev–Trinajstić information content (AvgIpc) is 3.16. The molecule has 2 fully saturated rings. The molecule has 2 aliphatic rings. The van der Waals surface area contributed by atoms with Gasteiger partial charge >= 0.3 is 12.1 Å². The first-order valence-electron chi connectivity index (χ1n) is 16.9. The van der Waals surface area contributed by atoms with E-state index in [0.717, 1.165) is 19.6 Å². The molecule has 0 bridgehead atoms. The molecule has 4 amide bonds. The van der Waals surface area contributed by atoms with Crippen molar-refractivity contribution in [1.82, 2.24) is 24.8 Å². The van der Waals surface area contributed by atoms with E-state index in [1.165, 1.54) is 48.1 Å². The summed E-state index contributed by atoms with van der Waals surface area (Å²) in [6.45, 7) is 7.59. The molecule has 2 aliphatic heterocycles. The Hall–Kier alpha value is -5.41. The summed E-state index contributed by atoms with van der Waals surface area (Å²) in [7, 11) is 3.02. The van der Waals surface area contributed by atoms with Crippen LogP contribution in [-0.4, -0.2) is 111 Å². The van der Waals surface area contributed by atoms with Gasteiger partial charge in [0.05, 0.1) is 63.2 Å². The van der Waals surface area contributed by atoms with Gasteiger partial charge in [0.25, 0.3) is 5.56 Å². The fourth-order valence-corrected chi connectivity index (χ4v) is 6.35. The highest BCUT2D eigenvalue weighted by molar-refractivity contribution is 6.03. The van der Waals surface area contributed by atoms with Crippen LogP contribution in [0.25, 0.3) is 10.9 Å². The van der Waals surface area contributed by atoms with Crippen LogP contribution in [0.2, 0.25) is 0 Å². The molecule has 0 radical (unpaired) electrons. The summed E-state index contributed by atoms with van der Waals surface area (Å²) in [4.78, 5) is 52.0. The second-order valence-electron chi connectivity index (χ2n) is 12.3. The molecule has 2 saturated heterocycles. The fraction of sp³-hybridized carbons (Fsp3) is 0.389. The number of nitrogens with zero attached hydrogens (tertiary/aromatic N) is 6. The molecule has 6 rings (SSSR count). The van der Waals surface area contributed by atoms with Gasteiger partial charge in [-0.25, -0.2) is 23.6 Å². The zero-order valence-corrected chi connectivity index (χ0v) is 29.0. The normalized spacial score (nSPS) is 15.7. The predicted octanol–water partition coefficient (Wildman–Crippen LogP) is 3.65. The Morgan fingerprint density at radius 2 is 1.69 bits per heavy atom. The number of amides is 4. The van der Waals surface area contributed by atoms with Crippen LogP contribution in [0.3, 0.4) is 0 Å². The van der Waals surface area contributed by atoms with Gasteiger partial charge in [-0.2, -0.15) is 0 Å². The Morgan fingerprint density at radius 3 is 2.39 bits per heavy atom. The monoisotopic (exact) mass is 702 g/mol. The Morgan fingerprint density at radius 1 is 0.961 bits per heavy atom. The summed E-state index contributed by atoms with van der Waals surface area (Å²) < 4.78 is 31.8. The topological polar surface area (TPSA) is 134 Å². The molecule has 1 aromatic heterocycles. The Kier molecular flexibility index (Phi) is 11.2. The Labute approximate surface area is 295 Å². The van der Waals surface area contributed by atoms with Gasteiger partial charge in [-0.15, -0.1) is 0 Å². The lowest BCUT2D eigenvalue weighted by Gasteiger charge is -2.39. The summed E-state index contributed by atoms with van der Waals surface area (Å²) in [6.07, 6.45) is 0. The van der Waals surface area contributed by atoms with Gasteiger partial charge in [-0.05, 0) is 55.5 Å². The van der Waals surface area contributed by atoms with Crippen molar-refractivity contribution in [2.75, 3.05) is 95.0 Å². The molecule has 1 atom stereocenters. The van der Waals surface area contributed by atoms with E-state index >= 15 is 0 Å². The number of ether oxygens (including phenoxy) is 3. The number of fused-ring (bicyclic) bond motifs is 1. The first-order valence-corrected chi connectivity index (χ1v) is 16.9. The number of nitrogens with one attached hydrogen (secondary N) is 2. The second kappa shape index (κ2) is 16.1. The fourth-order valence-electron chi connectivity index (χ4n) is 6.35. The van der Waals surface area contributed by atoms with Crippen LogP contribution in [0.4, 0.5) is 25.4 Å². The number of carbonyl (C=O) groups is 2. The third-order valence-corrected chi connectivity index (χ3v) is 9.13. The van der Waals surface area contributed by atoms with Gasteiger partial charge in [0.2, 0.25) is 0 Å². The SMILES string of the molecule is COc1ccc(N(C(=O)Nc2ccc(F)cc2)C(C)c2nc3ccccc3c(=O)n2N2CCN(C(=O)NCCN3CCOCC3)CC2)c(OC)c1. The van der Waals surface area contributed by atoms with Gasteiger partial charge < -0.3 is 34.8 Å². The highest BCUT2D eigenvalue weighted by atomic mass is 19.1. The molecule has 4 aromatic rings. The number of urea groups is 2. The van der Waals surface area contributed by atoms with Gasteiger partial charge in [-0.1, -0.05) is 12.1 Å². The molecule has 3 aromatic carbocycles. The third kappa shape index (κ3) is 7.99. The van der Waals surface area contributed by atoms with Crippen LogP contribution in [0, 0.1) is 5.82 Å². The van der Waals surface area contributed by atoms with E-state index in [1.807, 2.05) is 5.01 Å². The molecule has 1 unspecified atom stereocenters. The van der Waals surface area contributed by atoms with Gasteiger partial charge in [0.1, 0.15) is 17.3 Å². The number of aromatic nitrogens is 2. The molecular formula is C36H43FN8O6. The number of benzene rings is 3. The molecule has 0 saturated carbocycles. The maximum Gasteiger partial charge on any atom is 0.327 e. The van der Waals surface area contributed by atoms with Gasteiger partial charge in [0, 0.05) is 51.0 Å². The van der Waals surface area contributed by atoms with Crippen LogP contribution in [0.5, 0.6) is 11.5 Å². The lowest BCUT2D eigenvalue weighted by molar-refractivity contribution is 0.0385. The lowest BCUT2D eigenvalue weighted by Crippen LogP contribution is -2.58. The number of para-hydroxylation sites is 1. The van der Waals surface area contributed by atoms with Crippen LogP contribution in [0.1, 0.15) is 18.8 Å². The number of hydrogen-bond acceptors (Lipinski definition) is 9. The highest BCUT2D eigenvalue weighted by Crippen LogP contribution is 2.37. The predicted molar refractivity (Wildman–Crippen MR) is 192 cm³/mol. The van der Waals surface area contributed by atoms with Crippen LogP contribution in [0.15, 0.2) is 71.5 Å². The van der Waals surface area contributed by atoms with Crippen molar-refractivity contribution in [1.29, 1.82) is 0 Å². The van der Waals surface area contributed by atoms with E-state index in [1.54, 1.807) is 54.3 Å². The molecule has 0 aliphatic carbocycles. The summed E-state index contributed by atoms with van der Waals surface area (Å²) in [5.41, 5.74) is 0.929. The van der Waals surface area contributed by atoms with Gasteiger partial charge in [-0.3, -0.25) is 14.6 Å². The van der Waals surface area contributed by atoms with Crippen LogP contribution >= 0.6 is 0 Å². The van der Waals surface area contributed by atoms with Crippen molar-refractivity contribution in [2.24, 2.45) is 0 Å². The third-order valence-electron chi connectivity index (χ3n) is 9.13. The van der Waals surface area contributed by atoms with E-state index in [-0.39, 0.29) is 11.6 Å². The second-order valence-corrected chi connectivity index (χ2v) is 12.3. The smallest absolute Gasteiger partial charge is 0.327 e.